The quantitative estimate of drug-likeness (QED) is 0.783. The molecular formula is C11H15N3S. The maximum absolute atomic E-state index is 4.49. The Bertz CT molecular complexity index is 361. The van der Waals surface area contributed by atoms with Gasteiger partial charge in [0.1, 0.15) is 6.33 Å². The molecule has 0 aromatic carbocycles. The van der Waals surface area contributed by atoms with Crippen LogP contribution in [0.3, 0.4) is 0 Å². The zero-order valence-electron chi connectivity index (χ0n) is 8.70. The first-order valence-electron chi connectivity index (χ1n) is 5.59. The summed E-state index contributed by atoms with van der Waals surface area (Å²) in [4.78, 5) is 8.89. The van der Waals surface area contributed by atoms with Gasteiger partial charge in [0.15, 0.2) is 0 Å². The van der Waals surface area contributed by atoms with Gasteiger partial charge in [-0.1, -0.05) is 0 Å². The van der Waals surface area contributed by atoms with Gasteiger partial charge in [-0.2, -0.15) is 11.8 Å². The molecule has 1 unspecified atom stereocenters. The minimum Gasteiger partial charge on any atom is -0.309 e. The topological polar surface area (TPSA) is 37.8 Å². The Morgan fingerprint density at radius 3 is 3.27 bits per heavy atom. The van der Waals surface area contributed by atoms with Gasteiger partial charge in [0.2, 0.25) is 0 Å². The molecule has 2 aliphatic heterocycles. The standard InChI is InChI=1S/C11H15N3S/c1-2-10(12-4-1)11-8-6-15-5-3-9(8)13-7-14-11/h7,10,12H,1-6H2. The molecule has 1 N–H and O–H groups in total. The number of hydrogen-bond acceptors (Lipinski definition) is 4. The van der Waals surface area contributed by atoms with Crippen molar-refractivity contribution in [1.82, 2.24) is 15.3 Å². The average Bonchev–Trinajstić information content (AvgIpc) is 2.82. The van der Waals surface area contributed by atoms with Gasteiger partial charge in [-0.05, 0) is 31.6 Å². The van der Waals surface area contributed by atoms with Gasteiger partial charge < -0.3 is 5.32 Å². The molecule has 0 saturated carbocycles. The predicted octanol–water partition coefficient (Wildman–Crippen LogP) is 1.69. The highest BCUT2D eigenvalue weighted by Crippen LogP contribution is 2.31. The third-order valence-corrected chi connectivity index (χ3v) is 4.17. The molecule has 1 atom stereocenters. The lowest BCUT2D eigenvalue weighted by atomic mass is 10.0. The molecule has 3 rings (SSSR count). The Morgan fingerprint density at radius 1 is 1.40 bits per heavy atom. The molecule has 1 aromatic rings. The number of aryl methyl sites for hydroxylation is 1. The van der Waals surface area contributed by atoms with Crippen LogP contribution in [0.15, 0.2) is 6.33 Å². The van der Waals surface area contributed by atoms with Crippen LogP contribution in [-0.4, -0.2) is 22.3 Å². The van der Waals surface area contributed by atoms with Crippen LogP contribution >= 0.6 is 11.8 Å². The first-order chi connectivity index (χ1) is 7.45. The van der Waals surface area contributed by atoms with Crippen molar-refractivity contribution in [3.05, 3.63) is 23.3 Å². The van der Waals surface area contributed by atoms with Gasteiger partial charge in [0.25, 0.3) is 0 Å². The number of fused-ring (bicyclic) bond motifs is 1. The molecule has 80 valence electrons. The van der Waals surface area contributed by atoms with Crippen LogP contribution in [0.25, 0.3) is 0 Å². The highest BCUT2D eigenvalue weighted by Gasteiger charge is 2.24. The van der Waals surface area contributed by atoms with Crippen molar-refractivity contribution in [3.8, 4) is 0 Å². The van der Waals surface area contributed by atoms with E-state index in [0.29, 0.717) is 6.04 Å². The van der Waals surface area contributed by atoms with Crippen molar-refractivity contribution in [2.75, 3.05) is 12.3 Å². The highest BCUT2D eigenvalue weighted by molar-refractivity contribution is 7.98. The van der Waals surface area contributed by atoms with Crippen LogP contribution < -0.4 is 5.32 Å². The molecular weight excluding hydrogens is 206 g/mol. The van der Waals surface area contributed by atoms with E-state index in [1.807, 2.05) is 11.8 Å². The summed E-state index contributed by atoms with van der Waals surface area (Å²) in [5.41, 5.74) is 3.96. The molecule has 15 heavy (non-hydrogen) atoms. The lowest BCUT2D eigenvalue weighted by molar-refractivity contribution is 0.616. The van der Waals surface area contributed by atoms with Gasteiger partial charge in [-0.15, -0.1) is 0 Å². The van der Waals surface area contributed by atoms with E-state index < -0.39 is 0 Å². The summed E-state index contributed by atoms with van der Waals surface area (Å²) >= 11 is 2.00. The number of nitrogens with zero attached hydrogens (tertiary/aromatic N) is 2. The van der Waals surface area contributed by atoms with Crippen LogP contribution in [0.2, 0.25) is 0 Å². The molecule has 1 saturated heterocycles. The van der Waals surface area contributed by atoms with Crippen molar-refractivity contribution in [2.24, 2.45) is 0 Å². The van der Waals surface area contributed by atoms with E-state index >= 15 is 0 Å². The van der Waals surface area contributed by atoms with Gasteiger partial charge in [0.05, 0.1) is 5.69 Å². The lowest BCUT2D eigenvalue weighted by Gasteiger charge is -2.20. The molecule has 4 heteroatoms. The SMILES string of the molecule is c1nc2c(c(C3CCCN3)n1)CSCC2. The smallest absolute Gasteiger partial charge is 0.116 e. The van der Waals surface area contributed by atoms with Crippen LogP contribution in [-0.2, 0) is 12.2 Å². The number of nitrogens with one attached hydrogen (secondary N) is 1. The molecule has 2 aliphatic rings. The fourth-order valence-electron chi connectivity index (χ4n) is 2.40. The second kappa shape index (κ2) is 4.10. The zero-order chi connectivity index (χ0) is 10.1. The Hall–Kier alpha value is -0.610. The van der Waals surface area contributed by atoms with Crippen molar-refractivity contribution >= 4 is 11.8 Å². The van der Waals surface area contributed by atoms with Crippen molar-refractivity contribution in [3.63, 3.8) is 0 Å². The molecule has 1 aromatic heterocycles. The van der Waals surface area contributed by atoms with Crippen LogP contribution in [0.4, 0.5) is 0 Å². The molecule has 0 aliphatic carbocycles. The largest absolute Gasteiger partial charge is 0.309 e. The molecule has 3 nitrogen and oxygen atoms in total. The van der Waals surface area contributed by atoms with Crippen molar-refractivity contribution in [2.45, 2.75) is 31.1 Å². The van der Waals surface area contributed by atoms with Crippen molar-refractivity contribution < 1.29 is 0 Å². The van der Waals surface area contributed by atoms with E-state index in [1.165, 1.54) is 35.5 Å². The van der Waals surface area contributed by atoms with Crippen LogP contribution in [0.5, 0.6) is 0 Å². The van der Waals surface area contributed by atoms with E-state index in [4.69, 9.17) is 0 Å². The highest BCUT2D eigenvalue weighted by atomic mass is 32.2. The van der Waals surface area contributed by atoms with Gasteiger partial charge in [-0.3, -0.25) is 0 Å². The van der Waals surface area contributed by atoms with Crippen LogP contribution in [0, 0.1) is 0 Å². The van der Waals surface area contributed by atoms with Crippen LogP contribution in [0.1, 0.15) is 35.8 Å². The first kappa shape index (κ1) is 9.60. The Morgan fingerprint density at radius 2 is 2.40 bits per heavy atom. The number of hydrogen-bond donors (Lipinski definition) is 1. The minimum absolute atomic E-state index is 0.487. The fourth-order valence-corrected chi connectivity index (χ4v) is 3.40. The lowest BCUT2D eigenvalue weighted by Crippen LogP contribution is -2.19. The summed E-state index contributed by atoms with van der Waals surface area (Å²) in [6.07, 6.45) is 5.36. The second-order valence-corrected chi connectivity index (χ2v) is 5.24. The average molecular weight is 221 g/mol. The first-order valence-corrected chi connectivity index (χ1v) is 6.74. The molecule has 0 radical (unpaired) electrons. The summed E-state index contributed by atoms with van der Waals surface area (Å²) < 4.78 is 0. The second-order valence-electron chi connectivity index (χ2n) is 4.14. The Kier molecular flexibility index (Phi) is 2.63. The molecule has 0 amide bonds. The zero-order valence-corrected chi connectivity index (χ0v) is 9.52. The monoisotopic (exact) mass is 221 g/mol. The summed E-state index contributed by atoms with van der Waals surface area (Å²) in [7, 11) is 0. The minimum atomic E-state index is 0.487. The Balaban J connectivity index is 1.99. The summed E-state index contributed by atoms with van der Waals surface area (Å²) in [6, 6.07) is 0.487. The van der Waals surface area contributed by atoms with E-state index in [9.17, 15) is 0 Å². The van der Waals surface area contributed by atoms with Gasteiger partial charge in [0, 0.05) is 23.1 Å². The third-order valence-electron chi connectivity index (χ3n) is 3.19. The molecule has 0 spiro atoms. The van der Waals surface area contributed by atoms with E-state index in [2.05, 4.69) is 15.3 Å². The van der Waals surface area contributed by atoms with Crippen molar-refractivity contribution in [1.29, 1.82) is 0 Å². The predicted molar refractivity (Wildman–Crippen MR) is 61.9 cm³/mol. The van der Waals surface area contributed by atoms with Gasteiger partial charge >= 0.3 is 0 Å². The summed E-state index contributed by atoms with van der Waals surface area (Å²) in [5, 5.41) is 3.52. The van der Waals surface area contributed by atoms with E-state index in [0.717, 1.165) is 18.7 Å². The number of rotatable bonds is 1. The third kappa shape index (κ3) is 1.76. The Labute approximate surface area is 94.1 Å². The molecule has 1 fully saturated rings. The van der Waals surface area contributed by atoms with E-state index in [1.54, 1.807) is 6.33 Å². The van der Waals surface area contributed by atoms with E-state index in [-0.39, 0.29) is 0 Å². The summed E-state index contributed by atoms with van der Waals surface area (Å²) in [6.45, 7) is 1.14. The number of thioether (sulfide) groups is 1. The fraction of sp³-hybridized carbons (Fsp3) is 0.636. The maximum Gasteiger partial charge on any atom is 0.116 e. The normalized spacial score (nSPS) is 25.2. The molecule has 0 bridgehead atoms. The maximum atomic E-state index is 4.49. The number of aromatic nitrogens is 2. The van der Waals surface area contributed by atoms with Gasteiger partial charge in [-0.25, -0.2) is 9.97 Å². The summed E-state index contributed by atoms with van der Waals surface area (Å²) in [5.74, 6) is 2.31. The molecule has 3 heterocycles.